The van der Waals surface area contributed by atoms with Crippen LogP contribution in [0.5, 0.6) is 0 Å². The molecule has 0 unspecified atom stereocenters. The molecule has 0 radical (unpaired) electrons. The molecule has 98 valence electrons. The molecule has 0 aliphatic carbocycles. The molecular weight excluding hydrogens is 200 g/mol. The molecule has 0 aromatic rings. The summed E-state index contributed by atoms with van der Waals surface area (Å²) in [6.07, 6.45) is 13.8. The van der Waals surface area contributed by atoms with Gasteiger partial charge in [0.15, 0.2) is 0 Å². The maximum absolute atomic E-state index is 5.04. The Kier molecular flexibility index (Phi) is 14.7. The van der Waals surface area contributed by atoms with Crippen molar-refractivity contribution in [2.75, 3.05) is 6.54 Å². The number of nitrogens with one attached hydrogen (secondary N) is 3. The summed E-state index contributed by atoms with van der Waals surface area (Å²) in [5.41, 5.74) is 7.97. The molecular formula is C12H30N4. The molecule has 4 nitrogen and oxygen atoms in total. The zero-order valence-corrected chi connectivity index (χ0v) is 10.9. The summed E-state index contributed by atoms with van der Waals surface area (Å²) in [5.74, 6) is 5.04. The first-order valence-corrected chi connectivity index (χ1v) is 6.85. The average Bonchev–Trinajstić information content (AvgIpc) is 2.31. The van der Waals surface area contributed by atoms with Crippen LogP contribution < -0.4 is 22.3 Å². The van der Waals surface area contributed by atoms with Crippen LogP contribution in [0.3, 0.4) is 0 Å². The van der Waals surface area contributed by atoms with Crippen molar-refractivity contribution in [3.8, 4) is 0 Å². The fourth-order valence-electron chi connectivity index (χ4n) is 1.81. The van der Waals surface area contributed by atoms with Gasteiger partial charge in [-0.05, 0) is 6.42 Å². The minimum Gasteiger partial charge on any atom is -0.257 e. The highest BCUT2D eigenvalue weighted by Crippen LogP contribution is 2.09. The van der Waals surface area contributed by atoms with Crippen molar-refractivity contribution in [1.82, 2.24) is 16.5 Å². The van der Waals surface area contributed by atoms with Crippen molar-refractivity contribution in [2.24, 2.45) is 5.84 Å². The Morgan fingerprint density at radius 1 is 0.750 bits per heavy atom. The molecule has 0 rings (SSSR count). The second-order valence-electron chi connectivity index (χ2n) is 4.38. The van der Waals surface area contributed by atoms with E-state index in [0.29, 0.717) is 0 Å². The molecule has 0 amide bonds. The molecule has 0 aromatic carbocycles. The third-order valence-electron chi connectivity index (χ3n) is 2.82. The lowest BCUT2D eigenvalue weighted by atomic mass is 10.1. The number of hydrogen-bond donors (Lipinski definition) is 4. The molecule has 16 heavy (non-hydrogen) atoms. The topological polar surface area (TPSA) is 62.1 Å². The van der Waals surface area contributed by atoms with E-state index in [-0.39, 0.29) is 0 Å². The largest absolute Gasteiger partial charge is 0.257 e. The summed E-state index contributed by atoms with van der Waals surface area (Å²) in [6, 6.07) is 0. The first kappa shape index (κ1) is 15.8. The molecule has 0 spiro atoms. The molecule has 0 saturated heterocycles. The Morgan fingerprint density at radius 2 is 1.25 bits per heavy atom. The molecule has 0 saturated carbocycles. The molecule has 0 atom stereocenters. The summed E-state index contributed by atoms with van der Waals surface area (Å²) in [6.45, 7) is 3.24. The maximum Gasteiger partial charge on any atom is 0.0113 e. The molecule has 4 heteroatoms. The summed E-state index contributed by atoms with van der Waals surface area (Å²) in [5, 5.41) is 0. The Labute approximate surface area is 101 Å². The van der Waals surface area contributed by atoms with E-state index < -0.39 is 0 Å². The van der Waals surface area contributed by atoms with Gasteiger partial charge in [-0.3, -0.25) is 5.84 Å². The normalized spacial score (nSPS) is 10.9. The monoisotopic (exact) mass is 230 g/mol. The van der Waals surface area contributed by atoms with E-state index in [4.69, 9.17) is 5.84 Å². The van der Waals surface area contributed by atoms with Gasteiger partial charge in [0.2, 0.25) is 0 Å². The van der Waals surface area contributed by atoms with Crippen molar-refractivity contribution in [3.63, 3.8) is 0 Å². The van der Waals surface area contributed by atoms with E-state index in [1.54, 1.807) is 0 Å². The smallest absolute Gasteiger partial charge is 0.0113 e. The molecule has 5 N–H and O–H groups in total. The van der Waals surface area contributed by atoms with Gasteiger partial charge in [0, 0.05) is 6.54 Å². The highest BCUT2D eigenvalue weighted by molar-refractivity contribution is 4.48. The van der Waals surface area contributed by atoms with Crippen molar-refractivity contribution < 1.29 is 0 Å². The fourth-order valence-corrected chi connectivity index (χ4v) is 1.81. The summed E-state index contributed by atoms with van der Waals surface area (Å²) >= 11 is 0. The van der Waals surface area contributed by atoms with Crippen LogP contribution in [0.25, 0.3) is 0 Å². The van der Waals surface area contributed by atoms with Gasteiger partial charge in [0.05, 0.1) is 0 Å². The zero-order valence-electron chi connectivity index (χ0n) is 10.9. The van der Waals surface area contributed by atoms with Crippen LogP contribution in [-0.4, -0.2) is 6.54 Å². The Hall–Kier alpha value is -0.160. The first-order valence-electron chi connectivity index (χ1n) is 6.85. The third-order valence-corrected chi connectivity index (χ3v) is 2.82. The lowest BCUT2D eigenvalue weighted by Crippen LogP contribution is -2.47. The van der Waals surface area contributed by atoms with Gasteiger partial charge in [0.25, 0.3) is 0 Å². The number of hydrazine groups is 3. The van der Waals surface area contributed by atoms with Crippen molar-refractivity contribution >= 4 is 0 Å². The second kappa shape index (κ2) is 14.8. The number of nitrogens with two attached hydrogens (primary N) is 1. The van der Waals surface area contributed by atoms with E-state index in [0.717, 1.165) is 6.54 Å². The number of unbranched alkanes of at least 4 members (excludes halogenated alkanes) is 9. The molecule has 0 aliphatic heterocycles. The van der Waals surface area contributed by atoms with Gasteiger partial charge < -0.3 is 0 Å². The predicted molar refractivity (Wildman–Crippen MR) is 70.3 cm³/mol. The SMILES string of the molecule is CCCCCCCCCCCCNNNN. The molecule has 0 aromatic heterocycles. The van der Waals surface area contributed by atoms with Crippen LogP contribution in [0.2, 0.25) is 0 Å². The van der Waals surface area contributed by atoms with Gasteiger partial charge in [-0.1, -0.05) is 64.7 Å². The van der Waals surface area contributed by atoms with Crippen LogP contribution in [0.1, 0.15) is 71.1 Å². The van der Waals surface area contributed by atoms with E-state index in [1.807, 2.05) is 0 Å². The van der Waals surface area contributed by atoms with Crippen LogP contribution in [0.15, 0.2) is 0 Å². The zero-order chi connectivity index (χ0) is 11.9. The van der Waals surface area contributed by atoms with Crippen molar-refractivity contribution in [2.45, 2.75) is 71.1 Å². The van der Waals surface area contributed by atoms with Gasteiger partial charge in [0.1, 0.15) is 0 Å². The van der Waals surface area contributed by atoms with Gasteiger partial charge in [-0.2, -0.15) is 11.1 Å². The maximum atomic E-state index is 5.04. The Bertz CT molecular complexity index is 106. The van der Waals surface area contributed by atoms with Crippen LogP contribution in [-0.2, 0) is 0 Å². The minimum absolute atomic E-state index is 0.973. The van der Waals surface area contributed by atoms with E-state index in [2.05, 4.69) is 23.4 Å². The fraction of sp³-hybridized carbons (Fsp3) is 1.00. The molecule has 0 bridgehead atoms. The lowest BCUT2D eigenvalue weighted by Gasteiger charge is -2.04. The number of rotatable bonds is 13. The Balaban J connectivity index is 2.83. The van der Waals surface area contributed by atoms with Gasteiger partial charge in [-0.25, -0.2) is 5.43 Å². The molecule has 0 fully saturated rings. The van der Waals surface area contributed by atoms with Crippen LogP contribution >= 0.6 is 0 Å². The third kappa shape index (κ3) is 13.8. The highest BCUT2D eigenvalue weighted by Gasteiger charge is 1.92. The lowest BCUT2D eigenvalue weighted by molar-refractivity contribution is 0.431. The Morgan fingerprint density at radius 3 is 1.75 bits per heavy atom. The van der Waals surface area contributed by atoms with E-state index in [1.165, 1.54) is 64.2 Å². The number of hydrogen-bond acceptors (Lipinski definition) is 4. The summed E-state index contributed by atoms with van der Waals surface area (Å²) < 4.78 is 0. The van der Waals surface area contributed by atoms with Crippen molar-refractivity contribution in [3.05, 3.63) is 0 Å². The standard InChI is InChI=1S/C12H30N4/c1-2-3-4-5-6-7-8-9-10-11-12-14-16-15-13/h14-16H,2-13H2,1H3. The highest BCUT2D eigenvalue weighted by atomic mass is 15.7. The first-order chi connectivity index (χ1) is 7.91. The second-order valence-corrected chi connectivity index (χ2v) is 4.38. The minimum atomic E-state index is 0.973. The van der Waals surface area contributed by atoms with Crippen LogP contribution in [0.4, 0.5) is 0 Å². The summed E-state index contributed by atoms with van der Waals surface area (Å²) in [4.78, 5) is 0. The van der Waals surface area contributed by atoms with Crippen LogP contribution in [0, 0.1) is 0 Å². The quantitative estimate of drug-likeness (QED) is 0.223. The van der Waals surface area contributed by atoms with Gasteiger partial charge >= 0.3 is 0 Å². The van der Waals surface area contributed by atoms with Gasteiger partial charge in [-0.15, -0.1) is 0 Å². The van der Waals surface area contributed by atoms with Crippen molar-refractivity contribution in [1.29, 1.82) is 0 Å². The van der Waals surface area contributed by atoms with E-state index in [9.17, 15) is 0 Å². The predicted octanol–water partition coefficient (Wildman–Crippen LogP) is 2.38. The molecule has 0 aliphatic rings. The van der Waals surface area contributed by atoms with E-state index >= 15 is 0 Å². The average molecular weight is 230 g/mol. The summed E-state index contributed by atoms with van der Waals surface area (Å²) in [7, 11) is 0. The molecule has 0 heterocycles.